The molecule has 0 spiro atoms. The summed E-state index contributed by atoms with van der Waals surface area (Å²) in [7, 11) is -6.83. The largest absolute Gasteiger partial charge is 0.342 e. The van der Waals surface area contributed by atoms with E-state index in [1.165, 1.54) is 12.1 Å². The molecule has 0 bridgehead atoms. The Morgan fingerprint density at radius 3 is 2.06 bits per heavy atom. The summed E-state index contributed by atoms with van der Waals surface area (Å²) >= 11 is 0. The summed E-state index contributed by atoms with van der Waals surface area (Å²) in [6, 6.07) is 14.9. The van der Waals surface area contributed by atoms with Crippen molar-refractivity contribution in [2.75, 3.05) is 23.6 Å². The molecule has 7 nitrogen and oxygen atoms in total. The molecule has 1 heterocycles. The maximum atomic E-state index is 12.7. The summed E-state index contributed by atoms with van der Waals surface area (Å²) in [5.74, 6) is 0.235. The van der Waals surface area contributed by atoms with Crippen LogP contribution < -0.4 is 4.72 Å². The molecule has 0 radical (unpaired) electrons. The third-order valence-electron chi connectivity index (χ3n) is 5.97. The molecule has 1 aliphatic rings. The van der Waals surface area contributed by atoms with E-state index in [0.717, 1.165) is 5.56 Å². The number of sulfonamides is 1. The molecule has 1 fully saturated rings. The first-order valence-corrected chi connectivity index (χ1v) is 14.2. The molecular formula is C24H32N2O5S2. The molecule has 1 N–H and O–H groups in total. The normalized spacial score (nSPS) is 15.9. The number of sulfone groups is 1. The minimum absolute atomic E-state index is 0.00950. The van der Waals surface area contributed by atoms with Crippen molar-refractivity contribution >= 4 is 31.5 Å². The Bertz CT molecular complexity index is 1160. The van der Waals surface area contributed by atoms with Crippen LogP contribution in [0.1, 0.15) is 39.2 Å². The highest BCUT2D eigenvalue weighted by molar-refractivity contribution is 7.93. The van der Waals surface area contributed by atoms with Crippen LogP contribution >= 0.6 is 0 Å². The number of nitrogens with zero attached hydrogens (tertiary/aromatic N) is 1. The van der Waals surface area contributed by atoms with Crippen molar-refractivity contribution in [3.63, 3.8) is 0 Å². The van der Waals surface area contributed by atoms with Crippen molar-refractivity contribution in [3.8, 4) is 0 Å². The molecule has 2 aromatic carbocycles. The zero-order valence-corrected chi connectivity index (χ0v) is 21.0. The van der Waals surface area contributed by atoms with Gasteiger partial charge in [0, 0.05) is 18.8 Å². The topological polar surface area (TPSA) is 101 Å². The molecule has 2 aromatic rings. The SMILES string of the molecule is CC(C)(C)S(=O)(=O)CC1CCN(C(=O)Cc2ccc(NS(=O)(=O)c3ccccc3)cc2)CC1. The Kier molecular flexibility index (Phi) is 7.53. The molecule has 1 aliphatic heterocycles. The zero-order chi connectivity index (χ0) is 24.3. The standard InChI is InChI=1S/C24H32N2O5S2/c1-24(2,3)32(28,29)18-20-13-15-26(16-14-20)23(27)17-19-9-11-21(12-10-19)25-33(30,31)22-7-5-4-6-8-22/h4-12,20,25H,13-18H2,1-3H3. The summed E-state index contributed by atoms with van der Waals surface area (Å²) in [5, 5.41) is 0. The highest BCUT2D eigenvalue weighted by Crippen LogP contribution is 2.25. The van der Waals surface area contributed by atoms with Gasteiger partial charge in [-0.05, 0) is 69.4 Å². The summed E-state index contributed by atoms with van der Waals surface area (Å²) in [6.45, 7) is 6.27. The molecule has 0 saturated carbocycles. The number of piperidine rings is 1. The van der Waals surface area contributed by atoms with Gasteiger partial charge in [0.15, 0.2) is 9.84 Å². The van der Waals surface area contributed by atoms with Crippen LogP contribution in [-0.2, 0) is 31.1 Å². The summed E-state index contributed by atoms with van der Waals surface area (Å²) in [6.07, 6.45) is 1.58. The van der Waals surface area contributed by atoms with Crippen molar-refractivity contribution in [3.05, 3.63) is 60.2 Å². The smallest absolute Gasteiger partial charge is 0.261 e. The first-order valence-electron chi connectivity index (χ1n) is 11.0. The second-order valence-electron chi connectivity index (χ2n) is 9.51. The fourth-order valence-electron chi connectivity index (χ4n) is 3.70. The van der Waals surface area contributed by atoms with Gasteiger partial charge in [0.2, 0.25) is 5.91 Å². The van der Waals surface area contributed by atoms with E-state index >= 15 is 0 Å². The lowest BCUT2D eigenvalue weighted by Gasteiger charge is -2.33. The monoisotopic (exact) mass is 492 g/mol. The number of likely N-dealkylation sites (tertiary alicyclic amines) is 1. The Balaban J connectivity index is 1.52. The number of hydrogen-bond donors (Lipinski definition) is 1. The van der Waals surface area contributed by atoms with E-state index in [-0.39, 0.29) is 28.9 Å². The van der Waals surface area contributed by atoms with Gasteiger partial charge in [0.1, 0.15) is 0 Å². The maximum Gasteiger partial charge on any atom is 0.261 e. The quantitative estimate of drug-likeness (QED) is 0.638. The lowest BCUT2D eigenvalue weighted by Crippen LogP contribution is -2.42. The van der Waals surface area contributed by atoms with Gasteiger partial charge < -0.3 is 4.90 Å². The van der Waals surface area contributed by atoms with Crippen LogP contribution in [0, 0.1) is 5.92 Å². The fourth-order valence-corrected chi connectivity index (χ4v) is 6.23. The predicted octanol–water partition coefficient (Wildman–Crippen LogP) is 3.48. The minimum atomic E-state index is -3.66. The molecule has 180 valence electrons. The Hall–Kier alpha value is -2.39. The molecule has 1 saturated heterocycles. The van der Waals surface area contributed by atoms with Gasteiger partial charge in [-0.15, -0.1) is 0 Å². The van der Waals surface area contributed by atoms with E-state index in [1.807, 2.05) is 0 Å². The number of carbonyl (C=O) groups is 1. The van der Waals surface area contributed by atoms with E-state index in [4.69, 9.17) is 0 Å². The van der Waals surface area contributed by atoms with Crippen LogP contribution in [0.15, 0.2) is 59.5 Å². The van der Waals surface area contributed by atoms with Crippen molar-refractivity contribution in [1.82, 2.24) is 4.90 Å². The van der Waals surface area contributed by atoms with Crippen molar-refractivity contribution in [2.45, 2.75) is 49.7 Å². The molecule has 1 amide bonds. The number of carbonyl (C=O) groups excluding carboxylic acids is 1. The van der Waals surface area contributed by atoms with Gasteiger partial charge >= 0.3 is 0 Å². The van der Waals surface area contributed by atoms with Gasteiger partial charge in [-0.2, -0.15) is 0 Å². The van der Waals surface area contributed by atoms with Crippen LogP contribution in [0.2, 0.25) is 0 Å². The summed E-state index contributed by atoms with van der Waals surface area (Å²) in [4.78, 5) is 14.7. The summed E-state index contributed by atoms with van der Waals surface area (Å²) in [5.41, 5.74) is 1.22. The Morgan fingerprint density at radius 2 is 1.52 bits per heavy atom. The molecule has 0 aliphatic carbocycles. The number of amides is 1. The van der Waals surface area contributed by atoms with Crippen molar-refractivity contribution < 1.29 is 21.6 Å². The summed E-state index contributed by atoms with van der Waals surface area (Å²) < 4.78 is 51.5. The Morgan fingerprint density at radius 1 is 0.939 bits per heavy atom. The number of anilines is 1. The molecule has 9 heteroatoms. The average Bonchev–Trinajstić information content (AvgIpc) is 2.75. The van der Waals surface area contributed by atoms with E-state index < -0.39 is 24.6 Å². The van der Waals surface area contributed by atoms with Crippen LogP contribution in [-0.4, -0.2) is 51.2 Å². The number of hydrogen-bond acceptors (Lipinski definition) is 5. The van der Waals surface area contributed by atoms with Crippen LogP contribution in [0.3, 0.4) is 0 Å². The van der Waals surface area contributed by atoms with Gasteiger partial charge in [0.05, 0.1) is 21.8 Å². The average molecular weight is 493 g/mol. The molecule has 33 heavy (non-hydrogen) atoms. The second-order valence-corrected chi connectivity index (χ2v) is 14.0. The molecule has 0 unspecified atom stereocenters. The zero-order valence-electron chi connectivity index (χ0n) is 19.3. The van der Waals surface area contributed by atoms with Crippen LogP contribution in [0.4, 0.5) is 5.69 Å². The van der Waals surface area contributed by atoms with Gasteiger partial charge in [-0.1, -0.05) is 30.3 Å². The van der Waals surface area contributed by atoms with E-state index in [2.05, 4.69) is 4.72 Å². The lowest BCUT2D eigenvalue weighted by molar-refractivity contribution is -0.131. The molecule has 3 rings (SSSR count). The maximum absolute atomic E-state index is 12.7. The van der Waals surface area contributed by atoms with Crippen LogP contribution in [0.5, 0.6) is 0 Å². The minimum Gasteiger partial charge on any atom is -0.342 e. The number of benzene rings is 2. The van der Waals surface area contributed by atoms with Gasteiger partial charge in [-0.25, -0.2) is 16.8 Å². The highest BCUT2D eigenvalue weighted by atomic mass is 32.2. The highest BCUT2D eigenvalue weighted by Gasteiger charge is 2.33. The van der Waals surface area contributed by atoms with Crippen molar-refractivity contribution in [1.29, 1.82) is 0 Å². The van der Waals surface area contributed by atoms with Gasteiger partial charge in [0.25, 0.3) is 10.0 Å². The number of nitrogens with one attached hydrogen (secondary N) is 1. The predicted molar refractivity (Wildman–Crippen MR) is 130 cm³/mol. The first-order chi connectivity index (χ1) is 15.4. The second kappa shape index (κ2) is 9.85. The van der Waals surface area contributed by atoms with Gasteiger partial charge in [-0.3, -0.25) is 9.52 Å². The number of rotatable bonds is 7. The van der Waals surface area contributed by atoms with Crippen LogP contribution in [0.25, 0.3) is 0 Å². The van der Waals surface area contributed by atoms with E-state index in [9.17, 15) is 21.6 Å². The van der Waals surface area contributed by atoms with E-state index in [1.54, 1.807) is 68.1 Å². The Labute approximate surface area is 197 Å². The van der Waals surface area contributed by atoms with Crippen molar-refractivity contribution in [2.24, 2.45) is 5.92 Å². The lowest BCUT2D eigenvalue weighted by atomic mass is 9.98. The molecule has 0 aromatic heterocycles. The molecule has 0 atom stereocenters. The van der Waals surface area contributed by atoms with E-state index in [0.29, 0.717) is 31.6 Å². The first kappa shape index (κ1) is 25.2. The third-order valence-corrected chi connectivity index (χ3v) is 10.1. The fraction of sp³-hybridized carbons (Fsp3) is 0.458. The third kappa shape index (κ3) is 6.57. The molecular weight excluding hydrogens is 460 g/mol.